The number of rotatable bonds is 1. The third-order valence-electron chi connectivity index (χ3n) is 1.94. The predicted octanol–water partition coefficient (Wildman–Crippen LogP) is 2.70. The van der Waals surface area contributed by atoms with E-state index in [9.17, 15) is 5.11 Å². The Morgan fingerprint density at radius 2 is 2.25 bits per heavy atom. The molecule has 62 valence electrons. The second-order valence-corrected chi connectivity index (χ2v) is 2.76. The van der Waals surface area contributed by atoms with Gasteiger partial charge in [-0.3, -0.25) is 0 Å². The molecule has 0 spiro atoms. The number of hydrogen-bond donors (Lipinski definition) is 1. The van der Waals surface area contributed by atoms with Gasteiger partial charge in [0.2, 0.25) is 0 Å². The Morgan fingerprint density at radius 3 is 2.92 bits per heavy atom. The number of hydrogen-bond acceptors (Lipinski definition) is 2. The average Bonchev–Trinajstić information content (AvgIpc) is 2.49. The number of phenols is 1. The highest BCUT2D eigenvalue weighted by atomic mass is 16.3. The van der Waals surface area contributed by atoms with Gasteiger partial charge >= 0.3 is 0 Å². The monoisotopic (exact) mass is 162 g/mol. The summed E-state index contributed by atoms with van der Waals surface area (Å²) in [6.45, 7) is 2.02. The summed E-state index contributed by atoms with van der Waals surface area (Å²) in [6, 6.07) is 7.18. The standard InChI is InChI=1S/C10H10O2/c1-2-7-6-8-9(11)4-3-5-10(8)12-7/h3-6,11H,2H2,1H3. The second kappa shape index (κ2) is 2.55. The van der Waals surface area contributed by atoms with Crippen LogP contribution in [0.4, 0.5) is 0 Å². The normalized spacial score (nSPS) is 10.8. The van der Waals surface area contributed by atoms with Crippen LogP contribution in [-0.2, 0) is 6.42 Å². The molecule has 0 aliphatic heterocycles. The zero-order valence-electron chi connectivity index (χ0n) is 6.87. The second-order valence-electron chi connectivity index (χ2n) is 2.76. The van der Waals surface area contributed by atoms with Crippen LogP contribution in [0.5, 0.6) is 5.75 Å². The molecule has 0 saturated heterocycles. The van der Waals surface area contributed by atoms with Crippen LogP contribution >= 0.6 is 0 Å². The van der Waals surface area contributed by atoms with Crippen LogP contribution in [0.25, 0.3) is 11.0 Å². The van der Waals surface area contributed by atoms with Gasteiger partial charge in [0.25, 0.3) is 0 Å². The van der Waals surface area contributed by atoms with Gasteiger partial charge in [-0.2, -0.15) is 0 Å². The predicted molar refractivity (Wildman–Crippen MR) is 47.3 cm³/mol. The zero-order valence-corrected chi connectivity index (χ0v) is 6.87. The van der Waals surface area contributed by atoms with Crippen LogP contribution in [-0.4, -0.2) is 5.11 Å². The average molecular weight is 162 g/mol. The quantitative estimate of drug-likeness (QED) is 0.699. The summed E-state index contributed by atoms with van der Waals surface area (Å²) in [5.74, 6) is 1.20. The van der Waals surface area contributed by atoms with Crippen molar-refractivity contribution in [2.45, 2.75) is 13.3 Å². The number of aromatic hydroxyl groups is 1. The van der Waals surface area contributed by atoms with Crippen LogP contribution in [0.2, 0.25) is 0 Å². The molecule has 0 radical (unpaired) electrons. The van der Waals surface area contributed by atoms with E-state index in [0.29, 0.717) is 0 Å². The summed E-state index contributed by atoms with van der Waals surface area (Å²) in [4.78, 5) is 0. The van der Waals surface area contributed by atoms with Crippen LogP contribution < -0.4 is 0 Å². The zero-order chi connectivity index (χ0) is 8.55. The van der Waals surface area contributed by atoms with Crippen molar-refractivity contribution in [2.24, 2.45) is 0 Å². The van der Waals surface area contributed by atoms with Gasteiger partial charge in [-0.25, -0.2) is 0 Å². The molecule has 0 amide bonds. The van der Waals surface area contributed by atoms with E-state index in [1.54, 1.807) is 12.1 Å². The molecule has 1 aromatic heterocycles. The summed E-state index contributed by atoms with van der Waals surface area (Å²) >= 11 is 0. The van der Waals surface area contributed by atoms with Gasteiger partial charge in [-0.15, -0.1) is 0 Å². The molecular formula is C10H10O2. The first-order valence-electron chi connectivity index (χ1n) is 4.01. The van der Waals surface area contributed by atoms with E-state index in [1.807, 2.05) is 19.1 Å². The van der Waals surface area contributed by atoms with Gasteiger partial charge in [0.15, 0.2) is 0 Å². The number of phenolic OH excluding ortho intramolecular Hbond substituents is 1. The highest BCUT2D eigenvalue weighted by Gasteiger charge is 2.04. The molecule has 0 fully saturated rings. The Bertz CT molecular complexity index is 401. The third-order valence-corrected chi connectivity index (χ3v) is 1.94. The molecule has 0 aliphatic carbocycles. The maximum absolute atomic E-state index is 9.42. The van der Waals surface area contributed by atoms with Gasteiger partial charge in [0, 0.05) is 6.42 Å². The molecule has 0 atom stereocenters. The Labute approximate surface area is 70.4 Å². The van der Waals surface area contributed by atoms with Crippen molar-refractivity contribution >= 4 is 11.0 Å². The molecule has 1 N–H and O–H groups in total. The van der Waals surface area contributed by atoms with Crippen molar-refractivity contribution in [3.8, 4) is 5.75 Å². The molecule has 2 heteroatoms. The first kappa shape index (κ1) is 7.22. The van der Waals surface area contributed by atoms with Gasteiger partial charge in [-0.1, -0.05) is 13.0 Å². The van der Waals surface area contributed by atoms with Crippen LogP contribution in [0.1, 0.15) is 12.7 Å². The molecule has 0 unspecified atom stereocenters. The minimum absolute atomic E-state index is 0.288. The topological polar surface area (TPSA) is 33.4 Å². The van der Waals surface area contributed by atoms with E-state index < -0.39 is 0 Å². The molecule has 2 rings (SSSR count). The minimum Gasteiger partial charge on any atom is -0.507 e. The number of fused-ring (bicyclic) bond motifs is 1. The van der Waals surface area contributed by atoms with Crippen molar-refractivity contribution in [1.29, 1.82) is 0 Å². The third kappa shape index (κ3) is 0.961. The summed E-state index contributed by atoms with van der Waals surface area (Å²) in [6.07, 6.45) is 0.855. The molecule has 0 saturated carbocycles. The summed E-state index contributed by atoms with van der Waals surface area (Å²) in [5, 5.41) is 10.2. The molecular weight excluding hydrogens is 152 g/mol. The lowest BCUT2D eigenvalue weighted by Crippen LogP contribution is -1.67. The van der Waals surface area contributed by atoms with Crippen molar-refractivity contribution in [1.82, 2.24) is 0 Å². The van der Waals surface area contributed by atoms with Crippen molar-refractivity contribution < 1.29 is 9.52 Å². The Morgan fingerprint density at radius 1 is 1.42 bits per heavy atom. The highest BCUT2D eigenvalue weighted by Crippen LogP contribution is 2.27. The molecule has 0 bridgehead atoms. The van der Waals surface area contributed by atoms with Gasteiger partial charge < -0.3 is 9.52 Å². The fourth-order valence-corrected chi connectivity index (χ4v) is 1.27. The summed E-state index contributed by atoms with van der Waals surface area (Å²) < 4.78 is 5.44. The first-order chi connectivity index (χ1) is 5.81. The maximum atomic E-state index is 9.42. The van der Waals surface area contributed by atoms with E-state index in [0.717, 1.165) is 23.2 Å². The Hall–Kier alpha value is -1.44. The molecule has 2 nitrogen and oxygen atoms in total. The lowest BCUT2D eigenvalue weighted by atomic mass is 10.2. The van der Waals surface area contributed by atoms with E-state index in [4.69, 9.17) is 4.42 Å². The number of furan rings is 1. The Kier molecular flexibility index (Phi) is 1.54. The fraction of sp³-hybridized carbons (Fsp3) is 0.200. The molecule has 12 heavy (non-hydrogen) atoms. The van der Waals surface area contributed by atoms with E-state index in [1.165, 1.54) is 0 Å². The van der Waals surface area contributed by atoms with Gasteiger partial charge in [0.05, 0.1) is 5.39 Å². The van der Waals surface area contributed by atoms with E-state index in [-0.39, 0.29) is 5.75 Å². The smallest absolute Gasteiger partial charge is 0.137 e. The van der Waals surface area contributed by atoms with Crippen molar-refractivity contribution in [2.75, 3.05) is 0 Å². The van der Waals surface area contributed by atoms with E-state index in [2.05, 4.69) is 0 Å². The summed E-state index contributed by atoms with van der Waals surface area (Å²) in [7, 11) is 0. The first-order valence-corrected chi connectivity index (χ1v) is 4.01. The number of aryl methyl sites for hydroxylation is 1. The lowest BCUT2D eigenvalue weighted by Gasteiger charge is -1.89. The molecule has 1 aromatic carbocycles. The SMILES string of the molecule is CCc1cc2c(O)cccc2o1. The molecule has 2 aromatic rings. The van der Waals surface area contributed by atoms with Crippen molar-refractivity contribution in [3.05, 3.63) is 30.0 Å². The molecule has 1 heterocycles. The highest BCUT2D eigenvalue weighted by molar-refractivity contribution is 5.84. The van der Waals surface area contributed by atoms with Crippen molar-refractivity contribution in [3.63, 3.8) is 0 Å². The van der Waals surface area contributed by atoms with Gasteiger partial charge in [0.1, 0.15) is 17.1 Å². The van der Waals surface area contributed by atoms with E-state index >= 15 is 0 Å². The van der Waals surface area contributed by atoms with Crippen LogP contribution in [0.15, 0.2) is 28.7 Å². The fourth-order valence-electron chi connectivity index (χ4n) is 1.27. The molecule has 0 aliphatic rings. The Balaban J connectivity index is 2.74. The summed E-state index contributed by atoms with van der Waals surface area (Å²) in [5.41, 5.74) is 0.756. The lowest BCUT2D eigenvalue weighted by molar-refractivity contribution is 0.481. The van der Waals surface area contributed by atoms with Crippen LogP contribution in [0, 0.1) is 0 Å². The van der Waals surface area contributed by atoms with Crippen LogP contribution in [0.3, 0.4) is 0 Å². The maximum Gasteiger partial charge on any atom is 0.137 e. The van der Waals surface area contributed by atoms with Gasteiger partial charge in [-0.05, 0) is 18.2 Å². The minimum atomic E-state index is 0.288. The largest absolute Gasteiger partial charge is 0.507 e. The number of benzene rings is 1.